The molecule has 5 heteroatoms. The Kier molecular flexibility index (Phi) is 4.48. The quantitative estimate of drug-likeness (QED) is 0.838. The normalized spacial score (nSPS) is 25.2. The zero-order valence-electron chi connectivity index (χ0n) is 15.5. The van der Waals surface area contributed by atoms with E-state index < -0.39 is 0 Å². The lowest BCUT2D eigenvalue weighted by Gasteiger charge is -2.24. The molecule has 2 aliphatic heterocycles. The minimum atomic E-state index is 0.649. The van der Waals surface area contributed by atoms with Gasteiger partial charge in [0.15, 0.2) is 0 Å². The third kappa shape index (κ3) is 3.42. The Hall–Kier alpha value is -1.20. The van der Waals surface area contributed by atoms with Gasteiger partial charge in [-0.3, -0.25) is 0 Å². The van der Waals surface area contributed by atoms with Crippen LogP contribution in [0.15, 0.2) is 0 Å². The first-order valence-corrected chi connectivity index (χ1v) is 9.58. The Balaban J connectivity index is 1.65. The van der Waals surface area contributed by atoms with Crippen LogP contribution < -0.4 is 4.90 Å². The first kappa shape index (κ1) is 16.3. The zero-order chi connectivity index (χ0) is 16.7. The summed E-state index contributed by atoms with van der Waals surface area (Å²) in [6.07, 6.45) is 7.22. The summed E-state index contributed by atoms with van der Waals surface area (Å²) in [6.45, 7) is 4.48. The van der Waals surface area contributed by atoms with E-state index >= 15 is 0 Å². The Morgan fingerprint density at radius 2 is 1.83 bits per heavy atom. The molecule has 3 aliphatic rings. The maximum atomic E-state index is 5.09. The number of hydrogen-bond acceptors (Lipinski definition) is 5. The van der Waals surface area contributed by atoms with E-state index in [0.717, 1.165) is 57.2 Å². The second-order valence-corrected chi connectivity index (χ2v) is 8.19. The van der Waals surface area contributed by atoms with Crippen LogP contribution >= 0.6 is 0 Å². The van der Waals surface area contributed by atoms with Crippen molar-refractivity contribution in [2.24, 2.45) is 5.92 Å². The van der Waals surface area contributed by atoms with Crippen LogP contribution in [-0.2, 0) is 19.3 Å². The fourth-order valence-electron chi connectivity index (χ4n) is 4.03. The molecule has 0 aromatic carbocycles. The molecule has 0 radical (unpaired) electrons. The summed E-state index contributed by atoms with van der Waals surface area (Å²) in [7, 11) is 6.62. The van der Waals surface area contributed by atoms with Crippen molar-refractivity contribution in [2.45, 2.75) is 44.6 Å². The van der Waals surface area contributed by atoms with Crippen molar-refractivity contribution in [2.75, 3.05) is 52.2 Å². The van der Waals surface area contributed by atoms with E-state index in [1.807, 2.05) is 0 Å². The standard InChI is InChI=1S/C19H31N5/c1-22(2)15-6-11-24(13-15)19-16-7-9-23(3)10-8-17(16)20-18(21-19)12-14-4-5-14/h14-15H,4-13H2,1-3H3. The molecule has 0 bridgehead atoms. The molecule has 24 heavy (non-hydrogen) atoms. The molecule has 0 amide bonds. The second kappa shape index (κ2) is 6.60. The molecule has 1 aromatic rings. The smallest absolute Gasteiger partial charge is 0.135 e. The number of anilines is 1. The van der Waals surface area contributed by atoms with Crippen molar-refractivity contribution < 1.29 is 0 Å². The molecule has 1 unspecified atom stereocenters. The van der Waals surface area contributed by atoms with E-state index in [0.29, 0.717) is 6.04 Å². The summed E-state index contributed by atoms with van der Waals surface area (Å²) in [5, 5.41) is 0. The van der Waals surface area contributed by atoms with Gasteiger partial charge in [0.05, 0.1) is 5.69 Å². The van der Waals surface area contributed by atoms with Crippen LogP contribution in [0.25, 0.3) is 0 Å². The average molecular weight is 329 g/mol. The Morgan fingerprint density at radius 1 is 1.04 bits per heavy atom. The molecule has 1 saturated carbocycles. The molecule has 4 rings (SSSR count). The third-order valence-corrected chi connectivity index (χ3v) is 5.95. The van der Waals surface area contributed by atoms with Gasteiger partial charge in [-0.25, -0.2) is 9.97 Å². The van der Waals surface area contributed by atoms with E-state index in [-0.39, 0.29) is 0 Å². The summed E-state index contributed by atoms with van der Waals surface area (Å²) in [6, 6.07) is 0.649. The topological polar surface area (TPSA) is 35.5 Å². The lowest BCUT2D eigenvalue weighted by Crippen LogP contribution is -2.32. The van der Waals surface area contributed by atoms with Crippen LogP contribution in [0.4, 0.5) is 5.82 Å². The van der Waals surface area contributed by atoms with Gasteiger partial charge in [-0.1, -0.05) is 0 Å². The molecule has 0 spiro atoms. The molecular weight excluding hydrogens is 298 g/mol. The van der Waals surface area contributed by atoms with Gasteiger partial charge in [-0.05, 0) is 52.7 Å². The van der Waals surface area contributed by atoms with Gasteiger partial charge in [-0.15, -0.1) is 0 Å². The summed E-state index contributed by atoms with van der Waals surface area (Å²) in [4.78, 5) is 17.4. The molecule has 132 valence electrons. The van der Waals surface area contributed by atoms with Gasteiger partial charge >= 0.3 is 0 Å². The molecule has 1 saturated heterocycles. The van der Waals surface area contributed by atoms with Crippen molar-refractivity contribution in [3.63, 3.8) is 0 Å². The first-order valence-electron chi connectivity index (χ1n) is 9.58. The lowest BCUT2D eigenvalue weighted by molar-refractivity contribution is 0.315. The highest BCUT2D eigenvalue weighted by Gasteiger charge is 2.30. The Morgan fingerprint density at radius 3 is 2.54 bits per heavy atom. The fraction of sp³-hybridized carbons (Fsp3) is 0.789. The first-order chi connectivity index (χ1) is 11.6. The molecule has 0 N–H and O–H groups in total. The Bertz CT molecular complexity index is 596. The summed E-state index contributed by atoms with van der Waals surface area (Å²) in [5.74, 6) is 3.21. The third-order valence-electron chi connectivity index (χ3n) is 5.95. The number of rotatable bonds is 4. The minimum Gasteiger partial charge on any atom is -0.355 e. The van der Waals surface area contributed by atoms with Gasteiger partial charge in [0.25, 0.3) is 0 Å². The highest BCUT2D eigenvalue weighted by molar-refractivity contribution is 5.51. The molecule has 2 fully saturated rings. The van der Waals surface area contributed by atoms with Crippen molar-refractivity contribution in [3.8, 4) is 0 Å². The van der Waals surface area contributed by atoms with Crippen LogP contribution in [0.3, 0.4) is 0 Å². The van der Waals surface area contributed by atoms with Gasteiger partial charge < -0.3 is 14.7 Å². The predicted octanol–water partition coefficient (Wildman–Crippen LogP) is 1.60. The number of likely N-dealkylation sites (N-methyl/N-ethyl adjacent to an activating group) is 2. The summed E-state index contributed by atoms with van der Waals surface area (Å²) >= 11 is 0. The zero-order valence-corrected chi connectivity index (χ0v) is 15.5. The van der Waals surface area contributed by atoms with Gasteiger partial charge in [0.2, 0.25) is 0 Å². The fourth-order valence-corrected chi connectivity index (χ4v) is 4.03. The van der Waals surface area contributed by atoms with Crippen LogP contribution in [-0.4, -0.2) is 73.1 Å². The number of nitrogens with zero attached hydrogens (tertiary/aromatic N) is 5. The predicted molar refractivity (Wildman–Crippen MR) is 97.7 cm³/mol. The van der Waals surface area contributed by atoms with Crippen molar-refractivity contribution in [1.82, 2.24) is 19.8 Å². The van der Waals surface area contributed by atoms with Crippen LogP contribution in [0.5, 0.6) is 0 Å². The summed E-state index contributed by atoms with van der Waals surface area (Å²) in [5.41, 5.74) is 2.76. The largest absolute Gasteiger partial charge is 0.355 e. The minimum absolute atomic E-state index is 0.649. The van der Waals surface area contributed by atoms with Crippen LogP contribution in [0, 0.1) is 5.92 Å². The van der Waals surface area contributed by atoms with E-state index in [1.54, 1.807) is 0 Å². The highest BCUT2D eigenvalue weighted by Crippen LogP contribution is 2.34. The number of fused-ring (bicyclic) bond motifs is 1. The van der Waals surface area contributed by atoms with Crippen LogP contribution in [0.1, 0.15) is 36.3 Å². The number of aromatic nitrogens is 2. The molecule has 5 nitrogen and oxygen atoms in total. The molecule has 1 atom stereocenters. The monoisotopic (exact) mass is 329 g/mol. The van der Waals surface area contributed by atoms with E-state index in [4.69, 9.17) is 9.97 Å². The van der Waals surface area contributed by atoms with Crippen molar-refractivity contribution in [1.29, 1.82) is 0 Å². The van der Waals surface area contributed by atoms with Gasteiger partial charge in [0, 0.05) is 50.6 Å². The Labute approximate surface area is 146 Å². The van der Waals surface area contributed by atoms with E-state index in [2.05, 4.69) is 35.8 Å². The van der Waals surface area contributed by atoms with Crippen molar-refractivity contribution in [3.05, 3.63) is 17.1 Å². The van der Waals surface area contributed by atoms with Crippen LogP contribution in [0.2, 0.25) is 0 Å². The highest BCUT2D eigenvalue weighted by atomic mass is 15.3. The molecule has 1 aromatic heterocycles. The second-order valence-electron chi connectivity index (χ2n) is 8.19. The summed E-state index contributed by atoms with van der Waals surface area (Å²) < 4.78 is 0. The lowest BCUT2D eigenvalue weighted by atomic mass is 10.1. The average Bonchev–Trinajstić information content (AvgIpc) is 3.26. The maximum absolute atomic E-state index is 5.09. The molecule has 1 aliphatic carbocycles. The molecular formula is C19H31N5. The SMILES string of the molecule is CN1CCc2nc(CC3CC3)nc(N3CCC(N(C)C)C3)c2CC1. The maximum Gasteiger partial charge on any atom is 0.135 e. The van der Waals surface area contributed by atoms with Gasteiger partial charge in [0.1, 0.15) is 11.6 Å². The molecule has 3 heterocycles. The number of hydrogen-bond donors (Lipinski definition) is 0. The van der Waals surface area contributed by atoms with E-state index in [9.17, 15) is 0 Å². The van der Waals surface area contributed by atoms with Crippen molar-refractivity contribution >= 4 is 5.82 Å². The van der Waals surface area contributed by atoms with Gasteiger partial charge in [-0.2, -0.15) is 0 Å². The van der Waals surface area contributed by atoms with E-state index in [1.165, 1.54) is 36.3 Å².